The molecule has 10 heteroatoms. The zero-order chi connectivity index (χ0) is 18.7. The predicted molar refractivity (Wildman–Crippen MR) is 94.2 cm³/mol. The molecule has 0 aliphatic rings. The van der Waals surface area contributed by atoms with Crippen molar-refractivity contribution in [2.45, 2.75) is 9.92 Å². The van der Waals surface area contributed by atoms with Crippen LogP contribution in [0.5, 0.6) is 0 Å². The van der Waals surface area contributed by atoms with Crippen LogP contribution in [0.4, 0.5) is 10.5 Å². The van der Waals surface area contributed by atoms with Crippen molar-refractivity contribution in [3.8, 4) is 5.69 Å². The Hall–Kier alpha value is -3.53. The number of urea groups is 1. The first kappa shape index (κ1) is 17.3. The minimum atomic E-state index is -1.41. The maximum Gasteiger partial charge on any atom is 0.316 e. The van der Waals surface area contributed by atoms with Crippen LogP contribution >= 0.6 is 0 Å². The number of pyridine rings is 1. The summed E-state index contributed by atoms with van der Waals surface area (Å²) >= 11 is 0. The molecule has 0 spiro atoms. The van der Waals surface area contributed by atoms with Crippen LogP contribution in [0.1, 0.15) is 10.5 Å². The van der Waals surface area contributed by atoms with Gasteiger partial charge in [-0.05, 0) is 36.4 Å². The van der Waals surface area contributed by atoms with Crippen molar-refractivity contribution >= 4 is 28.4 Å². The van der Waals surface area contributed by atoms with Crippen molar-refractivity contribution in [2.24, 2.45) is 11.5 Å². The lowest BCUT2D eigenvalue weighted by Gasteiger charge is -2.04. The van der Waals surface area contributed by atoms with Gasteiger partial charge in [0.1, 0.15) is 15.8 Å². The van der Waals surface area contributed by atoms with Gasteiger partial charge in [-0.2, -0.15) is 5.10 Å². The van der Waals surface area contributed by atoms with Crippen LogP contribution in [-0.4, -0.2) is 30.9 Å². The zero-order valence-electron chi connectivity index (χ0n) is 13.3. The summed E-state index contributed by atoms with van der Waals surface area (Å²) in [6.07, 6.45) is 2.99. The van der Waals surface area contributed by atoms with Crippen LogP contribution in [0.25, 0.3) is 5.69 Å². The molecule has 3 aromatic rings. The molecule has 26 heavy (non-hydrogen) atoms. The van der Waals surface area contributed by atoms with Gasteiger partial charge in [0.2, 0.25) is 0 Å². The molecule has 1 unspecified atom stereocenters. The average Bonchev–Trinajstić information content (AvgIpc) is 3.05. The number of nitrogens with zero attached hydrogens (tertiary/aromatic N) is 3. The van der Waals surface area contributed by atoms with E-state index >= 15 is 0 Å². The minimum absolute atomic E-state index is 0.103. The van der Waals surface area contributed by atoms with Crippen molar-refractivity contribution in [3.63, 3.8) is 0 Å². The highest BCUT2D eigenvalue weighted by Gasteiger charge is 2.16. The quantitative estimate of drug-likeness (QED) is 0.614. The van der Waals surface area contributed by atoms with Crippen molar-refractivity contribution in [1.29, 1.82) is 0 Å². The van der Waals surface area contributed by atoms with E-state index in [1.807, 2.05) is 0 Å². The summed E-state index contributed by atoms with van der Waals surface area (Å²) in [5.41, 5.74) is 10.9. The Labute approximate surface area is 150 Å². The molecular formula is C16H14N6O3S. The molecule has 132 valence electrons. The molecule has 1 aromatic carbocycles. The molecule has 0 saturated carbocycles. The van der Waals surface area contributed by atoms with Gasteiger partial charge in [0.25, 0.3) is 5.91 Å². The number of nitrogens with one attached hydrogen (secondary N) is 1. The maximum atomic E-state index is 12.5. The van der Waals surface area contributed by atoms with Crippen LogP contribution in [0, 0.1) is 0 Å². The summed E-state index contributed by atoms with van der Waals surface area (Å²) in [6.45, 7) is 0. The normalized spacial score (nSPS) is 11.7. The molecule has 3 amide bonds. The van der Waals surface area contributed by atoms with Crippen LogP contribution in [-0.2, 0) is 10.8 Å². The van der Waals surface area contributed by atoms with E-state index in [1.165, 1.54) is 10.9 Å². The summed E-state index contributed by atoms with van der Waals surface area (Å²) in [5, 5.41) is 6.79. The number of aromatic nitrogens is 3. The molecule has 5 N–H and O–H groups in total. The van der Waals surface area contributed by atoms with E-state index in [0.717, 1.165) is 0 Å². The van der Waals surface area contributed by atoms with Crippen LogP contribution in [0.15, 0.2) is 64.8 Å². The van der Waals surface area contributed by atoms with E-state index in [2.05, 4.69) is 15.4 Å². The Morgan fingerprint density at radius 2 is 1.81 bits per heavy atom. The predicted octanol–water partition coefficient (Wildman–Crippen LogP) is 1.02. The number of hydrogen-bond acceptors (Lipinski definition) is 5. The third-order valence-electron chi connectivity index (χ3n) is 3.35. The Kier molecular flexibility index (Phi) is 4.76. The van der Waals surface area contributed by atoms with E-state index in [-0.39, 0.29) is 11.4 Å². The summed E-state index contributed by atoms with van der Waals surface area (Å²) in [7, 11) is -1.41. The molecule has 0 aliphatic carbocycles. The number of anilines is 1. The zero-order valence-corrected chi connectivity index (χ0v) is 14.1. The van der Waals surface area contributed by atoms with Gasteiger partial charge < -0.3 is 16.8 Å². The highest BCUT2D eigenvalue weighted by atomic mass is 32.2. The molecule has 2 heterocycles. The molecule has 9 nitrogen and oxygen atoms in total. The fourth-order valence-corrected chi connectivity index (χ4v) is 3.20. The van der Waals surface area contributed by atoms with Gasteiger partial charge in [0.05, 0.1) is 17.6 Å². The Bertz CT molecular complexity index is 985. The lowest BCUT2D eigenvalue weighted by molar-refractivity contribution is 0.0996. The number of amides is 3. The van der Waals surface area contributed by atoms with E-state index in [0.29, 0.717) is 15.6 Å². The summed E-state index contributed by atoms with van der Waals surface area (Å²) in [6, 6.07) is 11.0. The lowest BCUT2D eigenvalue weighted by Crippen LogP contribution is -2.22. The number of carbonyl (C=O) groups is 2. The van der Waals surface area contributed by atoms with E-state index < -0.39 is 22.7 Å². The molecule has 3 rings (SSSR count). The van der Waals surface area contributed by atoms with Gasteiger partial charge in [-0.15, -0.1) is 0 Å². The summed E-state index contributed by atoms with van der Waals surface area (Å²) in [4.78, 5) is 27.1. The fourth-order valence-electron chi connectivity index (χ4n) is 2.21. The highest BCUT2D eigenvalue weighted by molar-refractivity contribution is 7.85. The first-order valence-electron chi connectivity index (χ1n) is 7.35. The standard InChI is InChI=1S/C16H14N6O3S/c17-15(23)14-12(20-16(18)24)9-22(21-14)10-4-6-11(7-5-10)26(25)13-3-1-2-8-19-13/h1-9H,(H2,17,23)(H3,18,20,24). The maximum absolute atomic E-state index is 12.5. The van der Waals surface area contributed by atoms with Gasteiger partial charge in [-0.1, -0.05) is 6.07 Å². The van der Waals surface area contributed by atoms with Crippen LogP contribution < -0.4 is 16.8 Å². The topological polar surface area (TPSA) is 146 Å². The lowest BCUT2D eigenvalue weighted by atomic mass is 10.3. The smallest absolute Gasteiger partial charge is 0.316 e. The molecule has 0 radical (unpaired) electrons. The fraction of sp³-hybridized carbons (Fsp3) is 0. The number of primary amides is 2. The number of hydrogen-bond donors (Lipinski definition) is 3. The number of rotatable bonds is 5. The number of carbonyl (C=O) groups excluding carboxylic acids is 2. The Balaban J connectivity index is 1.90. The van der Waals surface area contributed by atoms with E-state index in [9.17, 15) is 13.8 Å². The van der Waals surface area contributed by atoms with Crippen molar-refractivity contribution in [1.82, 2.24) is 14.8 Å². The number of benzene rings is 1. The van der Waals surface area contributed by atoms with Gasteiger partial charge in [0.15, 0.2) is 5.69 Å². The molecule has 0 fully saturated rings. The van der Waals surface area contributed by atoms with Crippen molar-refractivity contribution < 1.29 is 13.8 Å². The van der Waals surface area contributed by atoms with Crippen LogP contribution in [0.3, 0.4) is 0 Å². The molecule has 0 saturated heterocycles. The van der Waals surface area contributed by atoms with E-state index in [4.69, 9.17) is 11.5 Å². The molecule has 0 aliphatic heterocycles. The molecule has 2 aromatic heterocycles. The van der Waals surface area contributed by atoms with Gasteiger partial charge in [-0.3, -0.25) is 4.79 Å². The minimum Gasteiger partial charge on any atom is -0.364 e. The first-order valence-corrected chi connectivity index (χ1v) is 8.50. The second-order valence-electron chi connectivity index (χ2n) is 5.12. The second kappa shape index (κ2) is 7.15. The largest absolute Gasteiger partial charge is 0.364 e. The van der Waals surface area contributed by atoms with Gasteiger partial charge in [0, 0.05) is 11.1 Å². The first-order chi connectivity index (χ1) is 12.5. The summed E-state index contributed by atoms with van der Waals surface area (Å²) in [5.74, 6) is -0.805. The molecular weight excluding hydrogens is 356 g/mol. The SMILES string of the molecule is NC(=O)Nc1cn(-c2ccc(S(=O)c3ccccn3)cc2)nc1C(N)=O. The van der Waals surface area contributed by atoms with Gasteiger partial charge in [-0.25, -0.2) is 18.7 Å². The van der Waals surface area contributed by atoms with Gasteiger partial charge >= 0.3 is 6.03 Å². The summed E-state index contributed by atoms with van der Waals surface area (Å²) < 4.78 is 13.8. The Morgan fingerprint density at radius 3 is 2.38 bits per heavy atom. The van der Waals surface area contributed by atoms with Crippen molar-refractivity contribution in [3.05, 3.63) is 60.6 Å². The monoisotopic (exact) mass is 370 g/mol. The highest BCUT2D eigenvalue weighted by Crippen LogP contribution is 2.20. The van der Waals surface area contributed by atoms with Crippen molar-refractivity contribution in [2.75, 3.05) is 5.32 Å². The Morgan fingerprint density at radius 1 is 1.08 bits per heavy atom. The third-order valence-corrected chi connectivity index (χ3v) is 4.67. The molecule has 0 bridgehead atoms. The second-order valence-corrected chi connectivity index (χ2v) is 6.55. The average molecular weight is 370 g/mol. The molecule has 1 atom stereocenters. The third kappa shape index (κ3) is 3.59. The van der Waals surface area contributed by atoms with E-state index in [1.54, 1.807) is 48.7 Å². The number of nitrogens with two attached hydrogens (primary N) is 2. The van der Waals surface area contributed by atoms with Crippen LogP contribution in [0.2, 0.25) is 0 Å².